The first-order valence-electron chi connectivity index (χ1n) is 10.5. The third-order valence-corrected chi connectivity index (χ3v) is 7.63. The van der Waals surface area contributed by atoms with Crippen molar-refractivity contribution >= 4 is 27.4 Å². The van der Waals surface area contributed by atoms with Crippen LogP contribution in [0.4, 0.5) is 0 Å². The van der Waals surface area contributed by atoms with E-state index in [-0.39, 0.29) is 29.3 Å². The molecule has 4 rings (SSSR count). The Hall–Kier alpha value is -3.19. The number of aliphatic imine (C=N–C) groups is 1. The zero-order valence-electron chi connectivity index (χ0n) is 18.3. The Morgan fingerprint density at radius 3 is 2.50 bits per heavy atom. The number of likely N-dealkylation sites (N-methyl/N-ethyl adjacent to an activating group) is 1. The number of carbonyl (C=O) groups is 1. The van der Waals surface area contributed by atoms with Crippen LogP contribution in [-0.2, 0) is 20.4 Å². The Morgan fingerprint density at radius 1 is 1.12 bits per heavy atom. The molecule has 0 bridgehead atoms. The average Bonchev–Trinajstić information content (AvgIpc) is 2.88. The molecule has 0 aliphatic carbocycles. The van der Waals surface area contributed by atoms with Crippen LogP contribution in [0.25, 0.3) is 5.57 Å². The van der Waals surface area contributed by atoms with Crippen LogP contribution in [0.5, 0.6) is 5.75 Å². The summed E-state index contributed by atoms with van der Waals surface area (Å²) >= 11 is 0. The number of phenolic OH excluding ortho intramolecular Hbond substituents is 1. The van der Waals surface area contributed by atoms with Crippen LogP contribution in [0, 0.1) is 0 Å². The molecule has 7 heteroatoms. The van der Waals surface area contributed by atoms with Crippen molar-refractivity contribution in [2.45, 2.75) is 31.7 Å². The molecule has 166 valence electrons. The fraction of sp³-hybridized carbons (Fsp3) is 0.280. The van der Waals surface area contributed by atoms with E-state index in [4.69, 9.17) is 4.99 Å². The predicted octanol–water partition coefficient (Wildman–Crippen LogP) is 3.35. The van der Waals surface area contributed by atoms with E-state index in [1.165, 1.54) is 0 Å². The Balaban J connectivity index is 1.95. The van der Waals surface area contributed by atoms with E-state index >= 15 is 0 Å². The van der Waals surface area contributed by atoms with Gasteiger partial charge < -0.3 is 14.8 Å². The van der Waals surface area contributed by atoms with Gasteiger partial charge in [0.25, 0.3) is 0 Å². The zero-order chi connectivity index (χ0) is 23.0. The number of sulfone groups is 1. The van der Waals surface area contributed by atoms with Gasteiger partial charge in [-0.2, -0.15) is 0 Å². The smallest absolute Gasteiger partial charge is 0.154 e. The average molecular weight is 451 g/mol. The summed E-state index contributed by atoms with van der Waals surface area (Å²) in [6.45, 7) is 3.64. The molecule has 0 saturated carbocycles. The van der Waals surface area contributed by atoms with Crippen molar-refractivity contribution in [3.05, 3.63) is 82.6 Å². The second kappa shape index (κ2) is 8.39. The quantitative estimate of drug-likeness (QED) is 0.706. The van der Waals surface area contributed by atoms with Gasteiger partial charge in [-0.05, 0) is 60.0 Å². The fourth-order valence-corrected chi connectivity index (χ4v) is 5.02. The lowest BCUT2D eigenvalue weighted by Gasteiger charge is -2.29. The lowest BCUT2D eigenvalue weighted by atomic mass is 9.87. The molecule has 0 amide bonds. The van der Waals surface area contributed by atoms with Crippen molar-refractivity contribution in [3.63, 3.8) is 0 Å². The van der Waals surface area contributed by atoms with Crippen LogP contribution in [0.15, 0.2) is 65.3 Å². The molecule has 2 heterocycles. The van der Waals surface area contributed by atoms with E-state index in [0.29, 0.717) is 5.56 Å². The Morgan fingerprint density at radius 2 is 1.84 bits per heavy atom. The molecule has 2 aliphatic rings. The summed E-state index contributed by atoms with van der Waals surface area (Å²) in [5.41, 5.74) is 5.96. The number of fused-ring (bicyclic) bond motifs is 3. The SMILES string of the molecule is CCS(=O)(=O)Cc1ccc2c(c1)C1=CN(C)C(C=O)C=C1[C@H](C)N=C2c1ccc(O)cc1. The van der Waals surface area contributed by atoms with Crippen LogP contribution < -0.4 is 0 Å². The maximum atomic E-state index is 12.3. The molecule has 32 heavy (non-hydrogen) atoms. The molecular weight excluding hydrogens is 424 g/mol. The highest BCUT2D eigenvalue weighted by molar-refractivity contribution is 7.90. The molecular formula is C25H26N2O4S. The van der Waals surface area contributed by atoms with Gasteiger partial charge in [0.05, 0.1) is 17.5 Å². The highest BCUT2D eigenvalue weighted by Gasteiger charge is 2.30. The van der Waals surface area contributed by atoms with Crippen LogP contribution in [0.2, 0.25) is 0 Å². The molecule has 0 radical (unpaired) electrons. The van der Waals surface area contributed by atoms with E-state index < -0.39 is 9.84 Å². The number of benzene rings is 2. The molecule has 0 saturated heterocycles. The summed E-state index contributed by atoms with van der Waals surface area (Å²) in [7, 11) is -1.34. The van der Waals surface area contributed by atoms with E-state index in [2.05, 4.69) is 0 Å². The first-order chi connectivity index (χ1) is 15.2. The van der Waals surface area contributed by atoms with Gasteiger partial charge in [0.15, 0.2) is 9.84 Å². The van der Waals surface area contributed by atoms with E-state index in [1.807, 2.05) is 61.5 Å². The van der Waals surface area contributed by atoms with Gasteiger partial charge in [0.2, 0.25) is 0 Å². The van der Waals surface area contributed by atoms with Gasteiger partial charge in [-0.15, -0.1) is 0 Å². The highest BCUT2D eigenvalue weighted by Crippen LogP contribution is 2.38. The van der Waals surface area contributed by atoms with E-state index in [0.717, 1.165) is 39.8 Å². The third-order valence-electron chi connectivity index (χ3n) is 5.97. The fourth-order valence-electron chi connectivity index (χ4n) is 4.13. The van der Waals surface area contributed by atoms with Crippen LogP contribution >= 0.6 is 0 Å². The van der Waals surface area contributed by atoms with Crippen molar-refractivity contribution in [3.8, 4) is 5.75 Å². The lowest BCUT2D eigenvalue weighted by Crippen LogP contribution is -2.31. The summed E-state index contributed by atoms with van der Waals surface area (Å²) in [5, 5.41) is 9.73. The lowest BCUT2D eigenvalue weighted by molar-refractivity contribution is -0.110. The molecule has 2 aliphatic heterocycles. The molecule has 1 unspecified atom stereocenters. The highest BCUT2D eigenvalue weighted by atomic mass is 32.2. The largest absolute Gasteiger partial charge is 0.508 e. The Labute approximate surface area is 188 Å². The molecule has 0 spiro atoms. The number of hydrogen-bond donors (Lipinski definition) is 1. The Bertz CT molecular complexity index is 1260. The van der Waals surface area contributed by atoms with Gasteiger partial charge in [-0.25, -0.2) is 8.42 Å². The maximum Gasteiger partial charge on any atom is 0.154 e. The summed E-state index contributed by atoms with van der Waals surface area (Å²) in [6, 6.07) is 12.0. The standard InChI is InChI=1S/C25H26N2O4S/c1-4-32(30,31)15-17-5-10-21-23(11-17)24-13-27(3)19(14-28)12-22(24)16(2)26-25(21)18-6-8-20(29)9-7-18/h5-14,16,19,29H,4,15H2,1-3H3/t16-,19?/m0/s1. The second-order valence-electron chi connectivity index (χ2n) is 8.21. The number of phenols is 1. The monoisotopic (exact) mass is 450 g/mol. The maximum absolute atomic E-state index is 12.3. The molecule has 1 N–H and O–H groups in total. The zero-order valence-corrected chi connectivity index (χ0v) is 19.1. The normalized spacial score (nSPS) is 20.3. The number of aldehydes is 1. The molecule has 0 aromatic heterocycles. The first kappa shape index (κ1) is 22.0. The number of nitrogens with zero attached hydrogens (tertiary/aromatic N) is 2. The number of hydrogen-bond acceptors (Lipinski definition) is 6. The van der Waals surface area contributed by atoms with Gasteiger partial charge in [0, 0.05) is 35.7 Å². The molecule has 6 nitrogen and oxygen atoms in total. The summed E-state index contributed by atoms with van der Waals surface area (Å²) in [5.74, 6) is 0.224. The topological polar surface area (TPSA) is 87.0 Å². The molecule has 2 aromatic rings. The molecule has 2 atom stereocenters. The van der Waals surface area contributed by atoms with Crippen LogP contribution in [0.1, 0.15) is 36.1 Å². The van der Waals surface area contributed by atoms with Crippen LogP contribution in [0.3, 0.4) is 0 Å². The van der Waals surface area contributed by atoms with Crippen molar-refractivity contribution < 1.29 is 18.3 Å². The van der Waals surface area contributed by atoms with Crippen molar-refractivity contribution in [1.82, 2.24) is 4.90 Å². The third kappa shape index (κ3) is 4.12. The number of carbonyl (C=O) groups excluding carboxylic acids is 1. The van der Waals surface area contributed by atoms with Gasteiger partial charge in [-0.3, -0.25) is 4.99 Å². The summed E-state index contributed by atoms with van der Waals surface area (Å²) in [6.07, 6.45) is 4.76. The van der Waals surface area contributed by atoms with Crippen molar-refractivity contribution in [1.29, 1.82) is 0 Å². The van der Waals surface area contributed by atoms with Gasteiger partial charge in [0.1, 0.15) is 18.1 Å². The van der Waals surface area contributed by atoms with Gasteiger partial charge in [-0.1, -0.05) is 19.1 Å². The minimum atomic E-state index is -3.19. The number of aromatic hydroxyl groups is 1. The first-order valence-corrected chi connectivity index (χ1v) is 12.4. The minimum absolute atomic E-state index is 0.0306. The minimum Gasteiger partial charge on any atom is -0.508 e. The van der Waals surface area contributed by atoms with Gasteiger partial charge >= 0.3 is 0 Å². The van der Waals surface area contributed by atoms with Crippen molar-refractivity contribution in [2.24, 2.45) is 4.99 Å². The summed E-state index contributed by atoms with van der Waals surface area (Å²) in [4.78, 5) is 18.4. The second-order valence-corrected chi connectivity index (χ2v) is 10.6. The van der Waals surface area contributed by atoms with Crippen molar-refractivity contribution in [2.75, 3.05) is 12.8 Å². The van der Waals surface area contributed by atoms with Crippen LogP contribution in [-0.4, -0.2) is 55.3 Å². The van der Waals surface area contributed by atoms with E-state index in [1.54, 1.807) is 19.1 Å². The predicted molar refractivity (Wildman–Crippen MR) is 126 cm³/mol. The molecule has 0 fully saturated rings. The van der Waals surface area contributed by atoms with E-state index in [9.17, 15) is 18.3 Å². The Kier molecular flexibility index (Phi) is 5.77. The number of rotatable bonds is 5. The molecule has 2 aromatic carbocycles. The summed E-state index contributed by atoms with van der Waals surface area (Å²) < 4.78 is 24.5.